The highest BCUT2D eigenvalue weighted by Gasteiger charge is 2.05. The van der Waals surface area contributed by atoms with Crippen LogP contribution in [0.15, 0.2) is 0 Å². The van der Waals surface area contributed by atoms with Crippen molar-refractivity contribution >= 4 is 9.84 Å². The van der Waals surface area contributed by atoms with Gasteiger partial charge < -0.3 is 5.32 Å². The number of hydrogen-bond acceptors (Lipinski definition) is 3. The number of hydrogen-bond donors (Lipinski definition) is 1. The SMILES string of the molecule is CCCNCCCCCS(=O)(=O)CC. The first kappa shape index (κ1) is 13.9. The number of rotatable bonds is 9. The lowest BCUT2D eigenvalue weighted by molar-refractivity contribution is 0.583. The first-order chi connectivity index (χ1) is 6.62. The van der Waals surface area contributed by atoms with Crippen molar-refractivity contribution in [2.45, 2.75) is 39.5 Å². The van der Waals surface area contributed by atoms with Crippen LogP contribution in [-0.2, 0) is 9.84 Å². The van der Waals surface area contributed by atoms with Gasteiger partial charge in [-0.25, -0.2) is 8.42 Å². The van der Waals surface area contributed by atoms with Crippen molar-refractivity contribution in [1.82, 2.24) is 5.32 Å². The molecule has 0 saturated heterocycles. The smallest absolute Gasteiger partial charge is 0.150 e. The van der Waals surface area contributed by atoms with Gasteiger partial charge in [-0.15, -0.1) is 0 Å². The van der Waals surface area contributed by atoms with Crippen LogP contribution in [0.25, 0.3) is 0 Å². The largest absolute Gasteiger partial charge is 0.317 e. The molecule has 0 saturated carbocycles. The summed E-state index contributed by atoms with van der Waals surface area (Å²) in [5.74, 6) is 0.637. The lowest BCUT2D eigenvalue weighted by atomic mass is 10.2. The van der Waals surface area contributed by atoms with Crippen LogP contribution in [-0.4, -0.2) is 33.0 Å². The van der Waals surface area contributed by atoms with Gasteiger partial charge in [0.1, 0.15) is 9.84 Å². The number of sulfone groups is 1. The molecule has 0 radical (unpaired) electrons. The molecule has 0 heterocycles. The van der Waals surface area contributed by atoms with Crippen LogP contribution in [0.1, 0.15) is 39.5 Å². The van der Waals surface area contributed by atoms with Crippen LogP contribution in [0.5, 0.6) is 0 Å². The van der Waals surface area contributed by atoms with E-state index < -0.39 is 9.84 Å². The Balaban J connectivity index is 3.22. The van der Waals surface area contributed by atoms with Gasteiger partial charge in [-0.2, -0.15) is 0 Å². The summed E-state index contributed by atoms with van der Waals surface area (Å²) < 4.78 is 22.2. The monoisotopic (exact) mass is 221 g/mol. The molecule has 0 rings (SSSR count). The molecule has 0 bridgehead atoms. The molecular formula is C10H23NO2S. The number of nitrogens with one attached hydrogen (secondary N) is 1. The Labute approximate surface area is 88.2 Å². The van der Waals surface area contributed by atoms with E-state index in [1.54, 1.807) is 6.92 Å². The normalized spacial score (nSPS) is 11.9. The van der Waals surface area contributed by atoms with E-state index in [2.05, 4.69) is 12.2 Å². The summed E-state index contributed by atoms with van der Waals surface area (Å²) in [5.41, 5.74) is 0. The second-order valence-corrected chi connectivity index (χ2v) is 6.02. The lowest BCUT2D eigenvalue weighted by Crippen LogP contribution is -2.16. The Hall–Kier alpha value is -0.0900. The third kappa shape index (κ3) is 8.51. The van der Waals surface area contributed by atoms with Gasteiger partial charge >= 0.3 is 0 Å². The van der Waals surface area contributed by atoms with Crippen LogP contribution in [0, 0.1) is 0 Å². The average Bonchev–Trinajstić information content (AvgIpc) is 2.16. The predicted octanol–water partition coefficient (Wildman–Crippen LogP) is 1.59. The van der Waals surface area contributed by atoms with Crippen molar-refractivity contribution in [3.63, 3.8) is 0 Å². The fraction of sp³-hybridized carbons (Fsp3) is 1.00. The standard InChI is InChI=1S/C10H23NO2S/c1-3-8-11-9-6-5-7-10-14(12,13)4-2/h11H,3-10H2,1-2H3. The van der Waals surface area contributed by atoms with Crippen LogP contribution in [0.4, 0.5) is 0 Å². The predicted molar refractivity (Wildman–Crippen MR) is 61.3 cm³/mol. The van der Waals surface area contributed by atoms with E-state index in [0.29, 0.717) is 5.75 Å². The molecular weight excluding hydrogens is 198 g/mol. The summed E-state index contributed by atoms with van der Waals surface area (Å²) in [6.07, 6.45) is 4.06. The van der Waals surface area contributed by atoms with Crippen molar-refractivity contribution in [3.8, 4) is 0 Å². The quantitative estimate of drug-likeness (QED) is 0.601. The summed E-state index contributed by atoms with van der Waals surface area (Å²) in [5, 5.41) is 3.30. The summed E-state index contributed by atoms with van der Waals surface area (Å²) in [4.78, 5) is 0. The molecule has 0 atom stereocenters. The van der Waals surface area contributed by atoms with Crippen LogP contribution in [0.2, 0.25) is 0 Å². The first-order valence-corrected chi connectivity index (χ1v) is 7.35. The van der Waals surface area contributed by atoms with E-state index >= 15 is 0 Å². The minimum Gasteiger partial charge on any atom is -0.317 e. The molecule has 86 valence electrons. The molecule has 0 aromatic carbocycles. The van der Waals surface area contributed by atoms with E-state index in [1.165, 1.54) is 0 Å². The average molecular weight is 221 g/mol. The van der Waals surface area contributed by atoms with Gasteiger partial charge in [0.2, 0.25) is 0 Å². The Kier molecular flexibility index (Phi) is 8.18. The fourth-order valence-electron chi connectivity index (χ4n) is 1.19. The Morgan fingerprint density at radius 3 is 2.29 bits per heavy atom. The van der Waals surface area contributed by atoms with Crippen LogP contribution in [0.3, 0.4) is 0 Å². The first-order valence-electron chi connectivity index (χ1n) is 5.53. The second kappa shape index (κ2) is 8.24. The van der Waals surface area contributed by atoms with Crippen LogP contribution < -0.4 is 5.32 Å². The van der Waals surface area contributed by atoms with Gasteiger partial charge in [-0.1, -0.05) is 20.3 Å². The van der Waals surface area contributed by atoms with Crippen molar-refractivity contribution in [2.75, 3.05) is 24.6 Å². The molecule has 0 fully saturated rings. The summed E-state index contributed by atoms with van der Waals surface area (Å²) in [6, 6.07) is 0. The minimum atomic E-state index is -2.74. The zero-order valence-electron chi connectivity index (χ0n) is 9.38. The fourth-order valence-corrected chi connectivity index (χ4v) is 2.13. The van der Waals surface area contributed by atoms with Crippen molar-refractivity contribution in [1.29, 1.82) is 0 Å². The maximum atomic E-state index is 11.1. The van der Waals surface area contributed by atoms with Gasteiger partial charge in [-0.05, 0) is 32.4 Å². The van der Waals surface area contributed by atoms with E-state index in [0.717, 1.165) is 38.8 Å². The highest BCUT2D eigenvalue weighted by molar-refractivity contribution is 7.91. The molecule has 0 aromatic rings. The maximum Gasteiger partial charge on any atom is 0.150 e. The van der Waals surface area contributed by atoms with E-state index in [-0.39, 0.29) is 5.75 Å². The van der Waals surface area contributed by atoms with E-state index in [4.69, 9.17) is 0 Å². The third-order valence-electron chi connectivity index (χ3n) is 2.18. The van der Waals surface area contributed by atoms with E-state index in [1.807, 2.05) is 0 Å². The zero-order valence-corrected chi connectivity index (χ0v) is 10.2. The maximum absolute atomic E-state index is 11.1. The molecule has 0 spiro atoms. The molecule has 14 heavy (non-hydrogen) atoms. The van der Waals surface area contributed by atoms with Crippen molar-refractivity contribution in [3.05, 3.63) is 0 Å². The Morgan fingerprint density at radius 1 is 1.00 bits per heavy atom. The molecule has 0 unspecified atom stereocenters. The molecule has 4 heteroatoms. The van der Waals surface area contributed by atoms with Gasteiger partial charge in [-0.3, -0.25) is 0 Å². The zero-order chi connectivity index (χ0) is 10.9. The molecule has 0 aliphatic heterocycles. The second-order valence-electron chi connectivity index (χ2n) is 3.55. The minimum absolute atomic E-state index is 0.279. The van der Waals surface area contributed by atoms with Crippen molar-refractivity contribution < 1.29 is 8.42 Å². The summed E-state index contributed by atoms with van der Waals surface area (Å²) >= 11 is 0. The lowest BCUT2D eigenvalue weighted by Gasteiger charge is -2.03. The third-order valence-corrected chi connectivity index (χ3v) is 3.97. The molecule has 1 N–H and O–H groups in total. The van der Waals surface area contributed by atoms with Gasteiger partial charge in [0.25, 0.3) is 0 Å². The molecule has 0 aromatic heterocycles. The van der Waals surface area contributed by atoms with E-state index in [9.17, 15) is 8.42 Å². The van der Waals surface area contributed by atoms with Crippen molar-refractivity contribution in [2.24, 2.45) is 0 Å². The Bertz CT molecular complexity index is 212. The van der Waals surface area contributed by atoms with Gasteiger partial charge in [0.15, 0.2) is 0 Å². The molecule has 3 nitrogen and oxygen atoms in total. The molecule has 0 aliphatic carbocycles. The number of unbranched alkanes of at least 4 members (excludes halogenated alkanes) is 2. The summed E-state index contributed by atoms with van der Waals surface area (Å²) in [6.45, 7) is 5.92. The molecule has 0 amide bonds. The van der Waals surface area contributed by atoms with Crippen LogP contribution >= 0.6 is 0 Å². The topological polar surface area (TPSA) is 46.2 Å². The molecule has 0 aliphatic rings. The summed E-state index contributed by atoms with van der Waals surface area (Å²) in [7, 11) is -2.74. The Morgan fingerprint density at radius 2 is 1.71 bits per heavy atom. The van der Waals surface area contributed by atoms with Gasteiger partial charge in [0, 0.05) is 5.75 Å². The highest BCUT2D eigenvalue weighted by Crippen LogP contribution is 1.99. The highest BCUT2D eigenvalue weighted by atomic mass is 32.2. The van der Waals surface area contributed by atoms with Gasteiger partial charge in [0.05, 0.1) is 5.75 Å².